The quantitative estimate of drug-likeness (QED) is 0.604. The standard InChI is InChI=1S/C15H13BrCl2FN/c1-2-14(9-4-3-5-10(16)6-9)20-11-7-12(17)15(19)13(18)8-11/h3-8,14,20H,2H2,1H3. The molecule has 1 unspecified atom stereocenters. The Morgan fingerprint density at radius 2 is 1.85 bits per heavy atom. The third-order valence-electron chi connectivity index (χ3n) is 2.98. The van der Waals surface area contributed by atoms with Crippen LogP contribution in [0.3, 0.4) is 0 Å². The molecule has 0 bridgehead atoms. The van der Waals surface area contributed by atoms with Crippen LogP contribution >= 0.6 is 39.1 Å². The first kappa shape index (κ1) is 15.6. The van der Waals surface area contributed by atoms with Crippen LogP contribution in [0, 0.1) is 5.82 Å². The van der Waals surface area contributed by atoms with Crippen LogP contribution in [0.4, 0.5) is 10.1 Å². The Balaban J connectivity index is 2.27. The molecule has 0 fully saturated rings. The second-order valence-corrected chi connectivity index (χ2v) is 6.14. The highest BCUT2D eigenvalue weighted by atomic mass is 79.9. The Morgan fingerprint density at radius 1 is 1.20 bits per heavy atom. The minimum atomic E-state index is -0.589. The fourth-order valence-corrected chi connectivity index (χ4v) is 2.89. The first-order valence-corrected chi connectivity index (χ1v) is 7.72. The lowest BCUT2D eigenvalue weighted by Gasteiger charge is -2.19. The van der Waals surface area contributed by atoms with Crippen molar-refractivity contribution in [1.29, 1.82) is 0 Å². The van der Waals surface area contributed by atoms with Gasteiger partial charge < -0.3 is 5.32 Å². The van der Waals surface area contributed by atoms with E-state index in [1.165, 1.54) is 0 Å². The zero-order chi connectivity index (χ0) is 14.7. The number of hydrogen-bond donors (Lipinski definition) is 1. The molecule has 0 saturated heterocycles. The van der Waals surface area contributed by atoms with Crippen LogP contribution in [0.15, 0.2) is 40.9 Å². The van der Waals surface area contributed by atoms with Crippen LogP contribution < -0.4 is 5.32 Å². The van der Waals surface area contributed by atoms with E-state index in [1.54, 1.807) is 12.1 Å². The van der Waals surface area contributed by atoms with Gasteiger partial charge in [-0.3, -0.25) is 0 Å². The molecule has 0 amide bonds. The van der Waals surface area contributed by atoms with E-state index in [1.807, 2.05) is 24.3 Å². The van der Waals surface area contributed by atoms with E-state index in [-0.39, 0.29) is 16.1 Å². The molecule has 5 heteroatoms. The van der Waals surface area contributed by atoms with Crippen molar-refractivity contribution in [3.63, 3.8) is 0 Å². The first-order valence-electron chi connectivity index (χ1n) is 6.17. The SMILES string of the molecule is CCC(Nc1cc(Cl)c(F)c(Cl)c1)c1cccc(Br)c1. The van der Waals surface area contributed by atoms with Gasteiger partial charge in [-0.2, -0.15) is 0 Å². The van der Waals surface area contributed by atoms with Crippen LogP contribution in [0.1, 0.15) is 24.9 Å². The molecule has 0 heterocycles. The highest BCUT2D eigenvalue weighted by molar-refractivity contribution is 9.10. The van der Waals surface area contributed by atoms with E-state index in [2.05, 4.69) is 28.2 Å². The summed E-state index contributed by atoms with van der Waals surface area (Å²) >= 11 is 15.1. The number of anilines is 1. The summed E-state index contributed by atoms with van der Waals surface area (Å²) in [6.45, 7) is 2.07. The largest absolute Gasteiger partial charge is 0.378 e. The molecular weight excluding hydrogens is 364 g/mol. The molecule has 1 N–H and O–H groups in total. The summed E-state index contributed by atoms with van der Waals surface area (Å²) in [6.07, 6.45) is 0.878. The molecule has 0 aliphatic rings. The smallest absolute Gasteiger partial charge is 0.160 e. The van der Waals surface area contributed by atoms with Gasteiger partial charge in [-0.1, -0.05) is 58.2 Å². The Hall–Kier alpha value is -0.770. The number of halogens is 4. The van der Waals surface area contributed by atoms with Crippen molar-refractivity contribution < 1.29 is 4.39 Å². The molecule has 106 valence electrons. The van der Waals surface area contributed by atoms with Crippen LogP contribution in [0.25, 0.3) is 0 Å². The van der Waals surface area contributed by atoms with Crippen LogP contribution in [-0.2, 0) is 0 Å². The van der Waals surface area contributed by atoms with Crippen molar-refractivity contribution in [3.05, 3.63) is 62.3 Å². The average Bonchev–Trinajstić information content (AvgIpc) is 2.42. The lowest BCUT2D eigenvalue weighted by molar-refractivity contribution is 0.628. The number of nitrogens with one attached hydrogen (secondary N) is 1. The lowest BCUT2D eigenvalue weighted by atomic mass is 10.0. The van der Waals surface area contributed by atoms with Crippen LogP contribution in [0.5, 0.6) is 0 Å². The second-order valence-electron chi connectivity index (χ2n) is 4.41. The molecule has 20 heavy (non-hydrogen) atoms. The monoisotopic (exact) mass is 375 g/mol. The van der Waals surface area contributed by atoms with Gasteiger partial charge in [-0.25, -0.2) is 4.39 Å². The molecule has 0 aliphatic heterocycles. The topological polar surface area (TPSA) is 12.0 Å². The molecule has 0 radical (unpaired) electrons. The number of benzene rings is 2. The van der Waals surface area contributed by atoms with Crippen LogP contribution in [-0.4, -0.2) is 0 Å². The van der Waals surface area contributed by atoms with Gasteiger partial charge in [0.05, 0.1) is 16.1 Å². The summed E-state index contributed by atoms with van der Waals surface area (Å²) in [5.74, 6) is -0.589. The minimum absolute atomic E-state index is 0.0177. The maximum absolute atomic E-state index is 13.4. The predicted molar refractivity (Wildman–Crippen MR) is 87.2 cm³/mol. The van der Waals surface area contributed by atoms with Crippen molar-refractivity contribution in [2.24, 2.45) is 0 Å². The zero-order valence-electron chi connectivity index (χ0n) is 10.8. The average molecular weight is 377 g/mol. The summed E-state index contributed by atoms with van der Waals surface area (Å²) < 4.78 is 14.4. The normalized spacial score (nSPS) is 12.2. The van der Waals surface area contributed by atoms with E-state index in [0.717, 1.165) is 16.5 Å². The van der Waals surface area contributed by atoms with E-state index in [9.17, 15) is 4.39 Å². The maximum atomic E-state index is 13.4. The summed E-state index contributed by atoms with van der Waals surface area (Å²) in [6, 6.07) is 11.2. The Bertz CT molecular complexity index is 596. The van der Waals surface area contributed by atoms with Crippen LogP contribution in [0.2, 0.25) is 10.0 Å². The highest BCUT2D eigenvalue weighted by Gasteiger charge is 2.12. The third kappa shape index (κ3) is 3.66. The number of hydrogen-bond acceptors (Lipinski definition) is 1. The summed E-state index contributed by atoms with van der Waals surface area (Å²) in [4.78, 5) is 0. The van der Waals surface area contributed by atoms with E-state index in [4.69, 9.17) is 23.2 Å². The maximum Gasteiger partial charge on any atom is 0.160 e. The van der Waals surface area contributed by atoms with E-state index < -0.39 is 5.82 Å². The zero-order valence-corrected chi connectivity index (χ0v) is 13.9. The Labute approximate surface area is 136 Å². The minimum Gasteiger partial charge on any atom is -0.378 e. The molecule has 0 aromatic heterocycles. The van der Waals surface area contributed by atoms with Gasteiger partial charge in [0.15, 0.2) is 5.82 Å². The van der Waals surface area contributed by atoms with Crippen molar-refractivity contribution in [3.8, 4) is 0 Å². The fraction of sp³-hybridized carbons (Fsp3) is 0.200. The summed E-state index contributed by atoms with van der Waals surface area (Å²) in [5.41, 5.74) is 1.84. The van der Waals surface area contributed by atoms with Gasteiger partial charge in [-0.15, -0.1) is 0 Å². The van der Waals surface area contributed by atoms with Gasteiger partial charge in [0.25, 0.3) is 0 Å². The lowest BCUT2D eigenvalue weighted by Crippen LogP contribution is -2.09. The van der Waals surface area contributed by atoms with Gasteiger partial charge in [0, 0.05) is 10.2 Å². The molecule has 1 atom stereocenters. The summed E-state index contributed by atoms with van der Waals surface area (Å²) in [5, 5.41) is 3.36. The predicted octanol–water partition coefficient (Wildman–Crippen LogP) is 6.46. The van der Waals surface area contributed by atoms with Gasteiger partial charge >= 0.3 is 0 Å². The van der Waals surface area contributed by atoms with Crippen molar-refractivity contribution in [1.82, 2.24) is 0 Å². The second kappa shape index (κ2) is 6.79. The third-order valence-corrected chi connectivity index (χ3v) is 4.03. The Kier molecular flexibility index (Phi) is 5.30. The number of rotatable bonds is 4. The molecule has 0 aliphatic carbocycles. The van der Waals surface area contributed by atoms with E-state index in [0.29, 0.717) is 5.69 Å². The van der Waals surface area contributed by atoms with Crippen molar-refractivity contribution >= 4 is 44.8 Å². The first-order chi connectivity index (χ1) is 9.51. The molecular formula is C15H13BrCl2FN. The molecule has 1 nitrogen and oxygen atoms in total. The summed E-state index contributed by atoms with van der Waals surface area (Å²) in [7, 11) is 0. The molecule has 0 spiro atoms. The van der Waals surface area contributed by atoms with Crippen molar-refractivity contribution in [2.45, 2.75) is 19.4 Å². The van der Waals surface area contributed by atoms with Gasteiger partial charge in [-0.05, 0) is 36.2 Å². The highest BCUT2D eigenvalue weighted by Crippen LogP contribution is 2.31. The van der Waals surface area contributed by atoms with Gasteiger partial charge in [0.1, 0.15) is 0 Å². The molecule has 2 aromatic carbocycles. The molecule has 0 saturated carbocycles. The van der Waals surface area contributed by atoms with E-state index >= 15 is 0 Å². The fourth-order valence-electron chi connectivity index (χ4n) is 1.98. The molecule has 2 rings (SSSR count). The van der Waals surface area contributed by atoms with Gasteiger partial charge in [0.2, 0.25) is 0 Å². The van der Waals surface area contributed by atoms with Crippen molar-refractivity contribution in [2.75, 3.05) is 5.32 Å². The molecule has 2 aromatic rings. The Morgan fingerprint density at radius 3 is 2.40 bits per heavy atom.